The van der Waals surface area contributed by atoms with Gasteiger partial charge in [-0.2, -0.15) is 0 Å². The molecule has 1 spiro atoms. The number of benzene rings is 2. The Morgan fingerprint density at radius 3 is 2.61 bits per heavy atom. The van der Waals surface area contributed by atoms with Crippen LogP contribution in [-0.4, -0.2) is 70.7 Å². The van der Waals surface area contributed by atoms with Gasteiger partial charge in [-0.15, -0.1) is 0 Å². The third-order valence-electron chi connectivity index (χ3n) is 13.4. The highest BCUT2D eigenvalue weighted by atomic mass is 16.6. The molecule has 2 bridgehead atoms. The number of aryl methyl sites for hydroxylation is 1. The van der Waals surface area contributed by atoms with E-state index < -0.39 is 0 Å². The van der Waals surface area contributed by atoms with Crippen molar-refractivity contribution in [2.24, 2.45) is 17.8 Å². The monoisotopic (exact) mass is 668 g/mol. The van der Waals surface area contributed by atoms with E-state index in [1.54, 1.807) is 0 Å². The van der Waals surface area contributed by atoms with E-state index in [1.165, 1.54) is 62.1 Å². The van der Waals surface area contributed by atoms with Crippen LogP contribution in [-0.2, 0) is 27.8 Å². The van der Waals surface area contributed by atoms with E-state index in [4.69, 9.17) is 9.47 Å². The normalized spacial score (nSPS) is 31.5. The van der Waals surface area contributed by atoms with Crippen molar-refractivity contribution in [1.29, 1.82) is 0 Å². The molecule has 2 aromatic rings. The molecule has 1 saturated heterocycles. The van der Waals surface area contributed by atoms with Crippen LogP contribution in [0.5, 0.6) is 11.5 Å². The van der Waals surface area contributed by atoms with Crippen molar-refractivity contribution in [3.63, 3.8) is 0 Å². The molecule has 0 aromatic heterocycles. The SMILES string of the molecule is CC(=O)Oc1ccc2c3c1O[C@H]1[C@H](N(CCCc4ccccc4)C(=O)CCCCC4CCCCC4)CC[C@H]4[C@@H](C2)N(CC2CC2O)CC[C@@]341. The molecule has 2 aliphatic heterocycles. The zero-order chi connectivity index (χ0) is 33.5. The van der Waals surface area contributed by atoms with Crippen molar-refractivity contribution in [1.82, 2.24) is 9.80 Å². The third kappa shape index (κ3) is 6.44. The average molecular weight is 669 g/mol. The second-order valence-electron chi connectivity index (χ2n) is 16.4. The van der Waals surface area contributed by atoms with Gasteiger partial charge in [0, 0.05) is 49.4 Å². The first-order chi connectivity index (χ1) is 23.9. The Bertz CT molecular complexity index is 1510. The van der Waals surface area contributed by atoms with Gasteiger partial charge in [-0.25, -0.2) is 0 Å². The van der Waals surface area contributed by atoms with E-state index in [0.29, 0.717) is 30.0 Å². The number of ether oxygens (including phenoxy) is 2. The van der Waals surface area contributed by atoms with E-state index in [9.17, 15) is 14.7 Å². The summed E-state index contributed by atoms with van der Waals surface area (Å²) in [5.74, 6) is 2.88. The van der Waals surface area contributed by atoms with Gasteiger partial charge in [-0.05, 0) is 86.9 Å². The van der Waals surface area contributed by atoms with Crippen molar-refractivity contribution in [2.45, 2.75) is 139 Å². The lowest BCUT2D eigenvalue weighted by Gasteiger charge is -2.60. The minimum Gasteiger partial charge on any atom is -0.483 e. The largest absolute Gasteiger partial charge is 0.483 e. The van der Waals surface area contributed by atoms with Gasteiger partial charge in [0.25, 0.3) is 0 Å². The van der Waals surface area contributed by atoms with Crippen molar-refractivity contribution in [2.75, 3.05) is 19.6 Å². The highest BCUT2D eigenvalue weighted by molar-refractivity contribution is 5.77. The fraction of sp³-hybridized carbons (Fsp3) is 0.667. The summed E-state index contributed by atoms with van der Waals surface area (Å²) in [6.07, 6.45) is 17.2. The topological polar surface area (TPSA) is 79.3 Å². The van der Waals surface area contributed by atoms with Gasteiger partial charge in [0.15, 0.2) is 11.5 Å². The summed E-state index contributed by atoms with van der Waals surface area (Å²) in [5, 5.41) is 10.2. The minimum absolute atomic E-state index is 0.0150. The van der Waals surface area contributed by atoms with Crippen LogP contribution in [0, 0.1) is 17.8 Å². The Kier molecular flexibility index (Phi) is 9.51. The Morgan fingerprint density at radius 2 is 1.84 bits per heavy atom. The zero-order valence-corrected chi connectivity index (χ0v) is 29.5. The van der Waals surface area contributed by atoms with Crippen LogP contribution < -0.4 is 9.47 Å². The lowest BCUT2D eigenvalue weighted by Crippen LogP contribution is -2.69. The Morgan fingerprint density at radius 1 is 1.02 bits per heavy atom. The number of unbranched alkanes of at least 4 members (excludes halogenated alkanes) is 1. The summed E-state index contributed by atoms with van der Waals surface area (Å²) in [4.78, 5) is 31.6. The van der Waals surface area contributed by atoms with Crippen LogP contribution in [0.15, 0.2) is 42.5 Å². The molecule has 7 atom stereocenters. The second kappa shape index (κ2) is 14.0. The van der Waals surface area contributed by atoms with Crippen LogP contribution >= 0.6 is 0 Å². The Balaban J connectivity index is 1.07. The molecule has 1 amide bonds. The molecule has 4 aliphatic carbocycles. The Labute approximate surface area is 292 Å². The lowest BCUT2D eigenvalue weighted by molar-refractivity contribution is -0.143. The fourth-order valence-electron chi connectivity index (χ4n) is 11.0. The molecule has 8 rings (SSSR count). The number of piperidine rings is 1. The predicted molar refractivity (Wildman–Crippen MR) is 190 cm³/mol. The van der Waals surface area contributed by atoms with Gasteiger partial charge in [0.1, 0.15) is 6.10 Å². The number of nitrogens with zero attached hydrogens (tertiary/aromatic N) is 2. The van der Waals surface area contributed by atoms with Gasteiger partial charge in [-0.3, -0.25) is 14.5 Å². The Hall–Kier alpha value is -2.90. The molecule has 1 N–H and O–H groups in total. The van der Waals surface area contributed by atoms with Crippen LogP contribution in [0.3, 0.4) is 0 Å². The number of amides is 1. The predicted octanol–water partition coefficient (Wildman–Crippen LogP) is 7.00. The van der Waals surface area contributed by atoms with Crippen molar-refractivity contribution in [3.05, 3.63) is 59.2 Å². The van der Waals surface area contributed by atoms with E-state index in [2.05, 4.69) is 46.2 Å². The number of aliphatic hydroxyl groups is 1. The quantitative estimate of drug-likeness (QED) is 0.141. The highest BCUT2D eigenvalue weighted by Gasteiger charge is 2.67. The maximum Gasteiger partial charge on any atom is 0.308 e. The van der Waals surface area contributed by atoms with Gasteiger partial charge in [-0.1, -0.05) is 81.3 Å². The summed E-state index contributed by atoms with van der Waals surface area (Å²) >= 11 is 0. The molecule has 0 radical (unpaired) electrons. The molecule has 49 heavy (non-hydrogen) atoms. The van der Waals surface area contributed by atoms with Crippen molar-refractivity contribution in [3.8, 4) is 11.5 Å². The van der Waals surface area contributed by atoms with E-state index in [1.807, 2.05) is 6.07 Å². The number of hydrogen-bond donors (Lipinski definition) is 1. The number of hydrogen-bond acceptors (Lipinski definition) is 6. The standard InChI is InChI=1S/C42H56N2O5/c1-28(45)48-37-21-18-31-25-35-33-19-20-34(41-42(33,39(31)40(37)49-41)22-24-43(35)27-32-26-36(32)46)44(23-10-16-30-13-6-3-7-14-30)38(47)17-9-8-15-29-11-4-2-5-12-29/h3,6-7,13-14,18,21,29,32-36,41,46H,2,4-5,8-12,15-17,19-20,22-27H2,1H3/t32?,33-,34+,35+,36?,41-,42-/m0/s1. The molecule has 6 aliphatic rings. The maximum atomic E-state index is 14.4. The maximum absolute atomic E-state index is 14.4. The number of carbonyl (C=O) groups excluding carboxylic acids is 2. The molecule has 4 fully saturated rings. The summed E-state index contributed by atoms with van der Waals surface area (Å²) in [6, 6.07) is 15.1. The summed E-state index contributed by atoms with van der Waals surface area (Å²) < 4.78 is 12.9. The smallest absolute Gasteiger partial charge is 0.308 e. The molecular formula is C42H56N2O5. The minimum atomic E-state index is -0.335. The molecule has 3 saturated carbocycles. The van der Waals surface area contributed by atoms with Gasteiger partial charge >= 0.3 is 5.97 Å². The first kappa shape index (κ1) is 33.3. The van der Waals surface area contributed by atoms with Crippen LogP contribution in [0.2, 0.25) is 0 Å². The molecule has 7 heteroatoms. The highest BCUT2D eigenvalue weighted by Crippen LogP contribution is 2.64. The van der Waals surface area contributed by atoms with Gasteiger partial charge < -0.3 is 19.5 Å². The molecule has 2 unspecified atom stereocenters. The van der Waals surface area contributed by atoms with Crippen molar-refractivity contribution >= 4 is 11.9 Å². The molecule has 2 aromatic carbocycles. The fourth-order valence-corrected chi connectivity index (χ4v) is 11.0. The average Bonchev–Trinajstić information content (AvgIpc) is 3.69. The van der Waals surface area contributed by atoms with Crippen LogP contribution in [0.25, 0.3) is 0 Å². The van der Waals surface area contributed by atoms with Gasteiger partial charge in [0.05, 0.1) is 12.1 Å². The molecule has 7 nitrogen and oxygen atoms in total. The number of rotatable bonds is 13. The van der Waals surface area contributed by atoms with Crippen LogP contribution in [0.4, 0.5) is 0 Å². The van der Waals surface area contributed by atoms with E-state index in [-0.39, 0.29) is 35.5 Å². The lowest BCUT2D eigenvalue weighted by atomic mass is 9.51. The van der Waals surface area contributed by atoms with Crippen LogP contribution in [0.1, 0.15) is 114 Å². The van der Waals surface area contributed by atoms with Crippen molar-refractivity contribution < 1.29 is 24.2 Å². The molecule has 2 heterocycles. The first-order valence-electron chi connectivity index (χ1n) is 19.7. The molecular weight excluding hydrogens is 612 g/mol. The zero-order valence-electron chi connectivity index (χ0n) is 29.5. The number of carbonyl (C=O) groups is 2. The first-order valence-corrected chi connectivity index (χ1v) is 19.7. The van der Waals surface area contributed by atoms with E-state index in [0.717, 1.165) is 89.1 Å². The molecule has 264 valence electrons. The van der Waals surface area contributed by atoms with Gasteiger partial charge in [0.2, 0.25) is 5.91 Å². The number of aliphatic hydroxyl groups excluding tert-OH is 1. The summed E-state index contributed by atoms with van der Waals surface area (Å²) in [5.41, 5.74) is 3.68. The number of likely N-dealkylation sites (tertiary alicyclic amines) is 1. The summed E-state index contributed by atoms with van der Waals surface area (Å²) in [6.45, 7) is 4.12. The third-order valence-corrected chi connectivity index (χ3v) is 13.4. The number of esters is 1. The van der Waals surface area contributed by atoms with E-state index >= 15 is 0 Å². The summed E-state index contributed by atoms with van der Waals surface area (Å²) in [7, 11) is 0. The second-order valence-corrected chi connectivity index (χ2v) is 16.4.